The quantitative estimate of drug-likeness (QED) is 0.618. The third kappa shape index (κ3) is 2.21. The summed E-state index contributed by atoms with van der Waals surface area (Å²) in [7, 11) is 0. The third-order valence-corrected chi connectivity index (χ3v) is 3.60. The number of piperidine rings is 1. The van der Waals surface area contributed by atoms with Crippen LogP contribution in [0.3, 0.4) is 0 Å². The van der Waals surface area contributed by atoms with E-state index in [1.807, 2.05) is 11.8 Å². The molecular formula is C12H19NO2. The Hall–Kier alpha value is -0.860. The molecule has 0 N–H and O–H groups in total. The van der Waals surface area contributed by atoms with Gasteiger partial charge in [0.1, 0.15) is 5.78 Å². The van der Waals surface area contributed by atoms with Crippen molar-refractivity contribution in [3.63, 3.8) is 0 Å². The van der Waals surface area contributed by atoms with Gasteiger partial charge in [-0.05, 0) is 19.8 Å². The fourth-order valence-corrected chi connectivity index (χ4v) is 2.93. The van der Waals surface area contributed by atoms with Crippen LogP contribution in [0.4, 0.5) is 0 Å². The van der Waals surface area contributed by atoms with Crippen LogP contribution in [0, 0.1) is 0 Å². The zero-order chi connectivity index (χ0) is 10.8. The van der Waals surface area contributed by atoms with Gasteiger partial charge in [-0.25, -0.2) is 0 Å². The molecule has 3 nitrogen and oxygen atoms in total. The summed E-state index contributed by atoms with van der Waals surface area (Å²) in [6.07, 6.45) is 6.72. The summed E-state index contributed by atoms with van der Waals surface area (Å²) in [4.78, 5) is 25.1. The molecule has 0 aromatic heterocycles. The Morgan fingerprint density at radius 3 is 2.40 bits per heavy atom. The molecule has 2 fully saturated rings. The molecule has 0 spiro atoms. The molecular weight excluding hydrogens is 190 g/mol. The molecule has 0 bridgehead atoms. The highest BCUT2D eigenvalue weighted by atomic mass is 16.2. The maximum atomic E-state index is 11.8. The molecule has 1 aliphatic carbocycles. The van der Waals surface area contributed by atoms with Gasteiger partial charge in [0.25, 0.3) is 0 Å². The Balaban J connectivity index is 2.05. The molecule has 1 heterocycles. The van der Waals surface area contributed by atoms with Crippen molar-refractivity contribution in [3.05, 3.63) is 0 Å². The third-order valence-electron chi connectivity index (χ3n) is 3.60. The summed E-state index contributed by atoms with van der Waals surface area (Å²) < 4.78 is 0. The number of carbonyl (C=O) groups excluding carboxylic acids is 2. The molecule has 1 atom stereocenters. The minimum Gasteiger partial charge on any atom is -0.336 e. The van der Waals surface area contributed by atoms with Crippen molar-refractivity contribution in [1.29, 1.82) is 0 Å². The van der Waals surface area contributed by atoms with Crippen LogP contribution in [0.1, 0.15) is 51.9 Å². The zero-order valence-corrected chi connectivity index (χ0v) is 9.37. The second-order valence-corrected chi connectivity index (χ2v) is 4.86. The van der Waals surface area contributed by atoms with Crippen LogP contribution in [0.2, 0.25) is 0 Å². The molecule has 1 aliphatic heterocycles. The first-order valence-corrected chi connectivity index (χ1v) is 6.01. The molecule has 0 aromatic rings. The van der Waals surface area contributed by atoms with Gasteiger partial charge in [-0.2, -0.15) is 0 Å². The summed E-state index contributed by atoms with van der Waals surface area (Å²) >= 11 is 0. The second kappa shape index (κ2) is 4.33. The number of hydrogen-bond acceptors (Lipinski definition) is 2. The number of nitrogens with zero attached hydrogens (tertiary/aromatic N) is 1. The Morgan fingerprint density at radius 2 is 1.80 bits per heavy atom. The highest BCUT2D eigenvalue weighted by molar-refractivity contribution is 6.00. The van der Waals surface area contributed by atoms with Crippen LogP contribution < -0.4 is 0 Å². The summed E-state index contributed by atoms with van der Waals surface area (Å²) in [6.45, 7) is 2.00. The summed E-state index contributed by atoms with van der Waals surface area (Å²) in [6, 6.07) is 0.538. The minimum absolute atomic E-state index is 0.0608. The van der Waals surface area contributed by atoms with E-state index < -0.39 is 0 Å². The number of hydrogen-bond donors (Lipinski definition) is 0. The second-order valence-electron chi connectivity index (χ2n) is 4.86. The van der Waals surface area contributed by atoms with Gasteiger partial charge < -0.3 is 4.90 Å². The minimum atomic E-state index is 0.0608. The molecule has 0 radical (unpaired) electrons. The summed E-state index contributed by atoms with van der Waals surface area (Å²) in [5, 5.41) is 0. The van der Waals surface area contributed by atoms with Gasteiger partial charge in [-0.15, -0.1) is 0 Å². The molecule has 2 aliphatic rings. The van der Waals surface area contributed by atoms with Crippen LogP contribution >= 0.6 is 0 Å². The fraction of sp³-hybridized carbons (Fsp3) is 0.833. The van der Waals surface area contributed by atoms with Gasteiger partial charge >= 0.3 is 0 Å². The monoisotopic (exact) mass is 209 g/mol. The van der Waals surface area contributed by atoms with E-state index in [1.54, 1.807) is 0 Å². The maximum absolute atomic E-state index is 11.8. The number of amides is 1. The van der Waals surface area contributed by atoms with Gasteiger partial charge in [-0.3, -0.25) is 9.59 Å². The first kappa shape index (κ1) is 10.7. The topological polar surface area (TPSA) is 37.4 Å². The Bertz CT molecular complexity index is 269. The highest BCUT2D eigenvalue weighted by Crippen LogP contribution is 2.27. The molecule has 15 heavy (non-hydrogen) atoms. The molecule has 1 saturated carbocycles. The van der Waals surface area contributed by atoms with E-state index in [-0.39, 0.29) is 24.2 Å². The normalized spacial score (nSPS) is 29.7. The SMILES string of the molecule is CC1CC(=O)CC(=O)N1C1CCCCC1. The smallest absolute Gasteiger partial charge is 0.230 e. The van der Waals surface area contributed by atoms with Crippen molar-refractivity contribution in [2.75, 3.05) is 0 Å². The number of ketones is 1. The maximum Gasteiger partial charge on any atom is 0.230 e. The van der Waals surface area contributed by atoms with E-state index in [1.165, 1.54) is 19.3 Å². The van der Waals surface area contributed by atoms with Crippen LogP contribution in [-0.2, 0) is 9.59 Å². The van der Waals surface area contributed by atoms with Crippen molar-refractivity contribution in [2.24, 2.45) is 0 Å². The largest absolute Gasteiger partial charge is 0.336 e. The van der Waals surface area contributed by atoms with Crippen LogP contribution in [-0.4, -0.2) is 28.7 Å². The van der Waals surface area contributed by atoms with E-state index in [9.17, 15) is 9.59 Å². The van der Waals surface area contributed by atoms with E-state index in [2.05, 4.69) is 0 Å². The Morgan fingerprint density at radius 1 is 1.13 bits per heavy atom. The Kier molecular flexibility index (Phi) is 3.08. The zero-order valence-electron chi connectivity index (χ0n) is 9.37. The predicted molar refractivity (Wildman–Crippen MR) is 57.4 cm³/mol. The molecule has 2 rings (SSSR count). The van der Waals surface area contributed by atoms with E-state index in [0.717, 1.165) is 12.8 Å². The standard InChI is InChI=1S/C12H19NO2/c1-9-7-11(14)8-12(15)13(9)10-5-3-2-4-6-10/h9-10H,2-8H2,1H3. The molecule has 1 amide bonds. The first-order chi connectivity index (χ1) is 7.18. The van der Waals surface area contributed by atoms with E-state index >= 15 is 0 Å². The van der Waals surface area contributed by atoms with Crippen molar-refractivity contribution in [1.82, 2.24) is 4.90 Å². The van der Waals surface area contributed by atoms with Gasteiger partial charge in [0, 0.05) is 18.5 Å². The molecule has 1 saturated heterocycles. The number of carbonyl (C=O) groups is 2. The van der Waals surface area contributed by atoms with Crippen LogP contribution in [0.5, 0.6) is 0 Å². The molecule has 84 valence electrons. The molecule has 3 heteroatoms. The lowest BCUT2D eigenvalue weighted by Gasteiger charge is -2.40. The predicted octanol–water partition coefficient (Wildman–Crippen LogP) is 1.90. The fourth-order valence-electron chi connectivity index (χ4n) is 2.93. The highest BCUT2D eigenvalue weighted by Gasteiger charge is 2.34. The van der Waals surface area contributed by atoms with Gasteiger partial charge in [-0.1, -0.05) is 19.3 Å². The summed E-state index contributed by atoms with van der Waals surface area (Å²) in [5.41, 5.74) is 0. The Labute approximate surface area is 90.8 Å². The van der Waals surface area contributed by atoms with Crippen molar-refractivity contribution in [3.8, 4) is 0 Å². The lowest BCUT2D eigenvalue weighted by molar-refractivity contribution is -0.145. The number of rotatable bonds is 1. The number of Topliss-reactive ketones (excluding diaryl/α,β-unsaturated/α-hetero) is 1. The summed E-state index contributed by atoms with van der Waals surface area (Å²) in [5.74, 6) is 0.171. The lowest BCUT2D eigenvalue weighted by atomic mass is 9.90. The van der Waals surface area contributed by atoms with Gasteiger partial charge in [0.05, 0.1) is 6.42 Å². The van der Waals surface area contributed by atoms with Crippen LogP contribution in [0.15, 0.2) is 0 Å². The first-order valence-electron chi connectivity index (χ1n) is 6.01. The van der Waals surface area contributed by atoms with E-state index in [4.69, 9.17) is 0 Å². The van der Waals surface area contributed by atoms with Gasteiger partial charge in [0.2, 0.25) is 5.91 Å². The van der Waals surface area contributed by atoms with Crippen molar-refractivity contribution >= 4 is 11.7 Å². The molecule has 1 unspecified atom stereocenters. The van der Waals surface area contributed by atoms with Gasteiger partial charge in [0.15, 0.2) is 0 Å². The van der Waals surface area contributed by atoms with Crippen molar-refractivity contribution < 1.29 is 9.59 Å². The van der Waals surface area contributed by atoms with E-state index in [0.29, 0.717) is 12.5 Å². The number of likely N-dealkylation sites (tertiary alicyclic amines) is 1. The average Bonchev–Trinajstić information content (AvgIpc) is 2.17. The van der Waals surface area contributed by atoms with Crippen molar-refractivity contribution in [2.45, 2.75) is 64.0 Å². The molecule has 0 aromatic carbocycles. The lowest BCUT2D eigenvalue weighted by Crippen LogP contribution is -2.51. The average molecular weight is 209 g/mol. The van der Waals surface area contributed by atoms with Crippen LogP contribution in [0.25, 0.3) is 0 Å².